The molecule has 3 aromatic heterocycles. The van der Waals surface area contributed by atoms with Crippen molar-refractivity contribution in [2.24, 2.45) is 0 Å². The Morgan fingerprint density at radius 2 is 2.06 bits per heavy atom. The number of nitrogens with one attached hydrogen (secondary N) is 3. The van der Waals surface area contributed by atoms with Crippen molar-refractivity contribution in [1.29, 1.82) is 0 Å². The Morgan fingerprint density at radius 3 is 2.87 bits per heavy atom. The van der Waals surface area contributed by atoms with E-state index in [9.17, 15) is 9.59 Å². The second-order valence-corrected chi connectivity index (χ2v) is 7.13. The molecule has 1 aromatic carbocycles. The minimum atomic E-state index is -0.526. The van der Waals surface area contributed by atoms with Crippen LogP contribution in [0.2, 0.25) is 0 Å². The molecule has 1 atom stereocenters. The first-order valence-corrected chi connectivity index (χ1v) is 10.1. The maximum absolute atomic E-state index is 13.1. The van der Waals surface area contributed by atoms with Crippen LogP contribution in [0.25, 0.3) is 10.9 Å². The topological polar surface area (TPSA) is 113 Å². The van der Waals surface area contributed by atoms with Gasteiger partial charge in [-0.05, 0) is 37.6 Å². The van der Waals surface area contributed by atoms with Crippen molar-refractivity contribution in [1.82, 2.24) is 25.3 Å². The minimum Gasteiger partial charge on any atom is -0.477 e. The highest BCUT2D eigenvalue weighted by Crippen LogP contribution is 2.24. The quantitative estimate of drug-likeness (QED) is 0.428. The summed E-state index contributed by atoms with van der Waals surface area (Å²) in [6, 6.07) is 12.2. The van der Waals surface area contributed by atoms with Crippen molar-refractivity contribution < 1.29 is 9.53 Å². The van der Waals surface area contributed by atoms with Gasteiger partial charge in [0, 0.05) is 35.8 Å². The number of H-pyrrole nitrogens is 2. The average Bonchev–Trinajstić information content (AvgIpc) is 3.16. The summed E-state index contributed by atoms with van der Waals surface area (Å²) in [7, 11) is 0. The van der Waals surface area contributed by atoms with E-state index in [1.165, 1.54) is 6.07 Å². The van der Waals surface area contributed by atoms with Crippen molar-refractivity contribution in [2.45, 2.75) is 26.3 Å². The second kappa shape index (κ2) is 8.83. The number of carbonyl (C=O) groups excluding carboxylic acids is 1. The summed E-state index contributed by atoms with van der Waals surface area (Å²) in [6.07, 6.45) is 3.95. The fourth-order valence-corrected chi connectivity index (χ4v) is 3.58. The molecule has 0 spiro atoms. The van der Waals surface area contributed by atoms with Gasteiger partial charge in [-0.3, -0.25) is 9.59 Å². The summed E-state index contributed by atoms with van der Waals surface area (Å²) in [5.74, 6) is 0.404. The molecule has 3 heterocycles. The van der Waals surface area contributed by atoms with E-state index in [1.54, 1.807) is 25.3 Å². The van der Waals surface area contributed by atoms with E-state index in [0.717, 1.165) is 16.5 Å². The standard InChI is InChI=1S/C23H23N5O3/c1-3-31-23-17(8-6-10-24-23)22(30)28-19(20-12-21(29)27-14(2)26-20)11-15-13-25-18-9-5-4-7-16(15)18/h4-10,12-13,19,25H,3,11H2,1-2H3,(H,28,30)(H,26,27,29)/t19-/m1/s1. The number of amides is 1. The highest BCUT2D eigenvalue weighted by atomic mass is 16.5. The van der Waals surface area contributed by atoms with Gasteiger partial charge < -0.3 is 20.0 Å². The van der Waals surface area contributed by atoms with Gasteiger partial charge in [-0.15, -0.1) is 0 Å². The van der Waals surface area contributed by atoms with E-state index >= 15 is 0 Å². The Morgan fingerprint density at radius 1 is 1.23 bits per heavy atom. The largest absolute Gasteiger partial charge is 0.477 e. The minimum absolute atomic E-state index is 0.267. The molecule has 8 nitrogen and oxygen atoms in total. The number of rotatable bonds is 7. The molecule has 4 aromatic rings. The first kappa shape index (κ1) is 20.3. The van der Waals surface area contributed by atoms with Gasteiger partial charge in [-0.25, -0.2) is 9.97 Å². The number of hydrogen-bond acceptors (Lipinski definition) is 5. The Bertz CT molecular complexity index is 1280. The maximum atomic E-state index is 13.1. The van der Waals surface area contributed by atoms with Crippen LogP contribution < -0.4 is 15.6 Å². The molecular weight excluding hydrogens is 394 g/mol. The summed E-state index contributed by atoms with van der Waals surface area (Å²) in [5.41, 5.74) is 2.56. The summed E-state index contributed by atoms with van der Waals surface area (Å²) in [6.45, 7) is 3.94. The average molecular weight is 417 g/mol. The van der Waals surface area contributed by atoms with Crippen LogP contribution in [0.15, 0.2) is 59.7 Å². The number of aromatic nitrogens is 4. The lowest BCUT2D eigenvalue weighted by molar-refractivity contribution is 0.0931. The van der Waals surface area contributed by atoms with E-state index in [1.807, 2.05) is 37.4 Å². The molecule has 0 aliphatic carbocycles. The highest BCUT2D eigenvalue weighted by molar-refractivity contribution is 5.96. The molecule has 8 heteroatoms. The molecule has 0 fully saturated rings. The van der Waals surface area contributed by atoms with Crippen LogP contribution in [0.5, 0.6) is 5.88 Å². The third-order valence-electron chi connectivity index (χ3n) is 4.94. The fraction of sp³-hybridized carbons (Fsp3) is 0.217. The third-order valence-corrected chi connectivity index (χ3v) is 4.94. The summed E-state index contributed by atoms with van der Waals surface area (Å²) in [5, 5.41) is 4.07. The third kappa shape index (κ3) is 4.48. The number of benzene rings is 1. The van der Waals surface area contributed by atoms with Crippen LogP contribution in [-0.2, 0) is 6.42 Å². The van der Waals surface area contributed by atoms with Crippen LogP contribution in [0.3, 0.4) is 0 Å². The van der Waals surface area contributed by atoms with Gasteiger partial charge in [0.15, 0.2) is 0 Å². The van der Waals surface area contributed by atoms with Crippen molar-refractivity contribution >= 4 is 16.8 Å². The predicted octanol–water partition coefficient (Wildman–Crippen LogP) is 3.07. The van der Waals surface area contributed by atoms with Gasteiger partial charge in [0.2, 0.25) is 5.88 Å². The van der Waals surface area contributed by atoms with Gasteiger partial charge in [0.25, 0.3) is 11.5 Å². The number of aromatic amines is 2. The monoisotopic (exact) mass is 417 g/mol. The van der Waals surface area contributed by atoms with Crippen molar-refractivity contribution in [3.63, 3.8) is 0 Å². The summed E-state index contributed by atoms with van der Waals surface area (Å²) >= 11 is 0. The normalized spacial score (nSPS) is 11.9. The molecule has 0 bridgehead atoms. The van der Waals surface area contributed by atoms with Crippen LogP contribution >= 0.6 is 0 Å². The zero-order valence-corrected chi connectivity index (χ0v) is 17.3. The van der Waals surface area contributed by atoms with Gasteiger partial charge in [-0.2, -0.15) is 0 Å². The van der Waals surface area contributed by atoms with Crippen LogP contribution in [0.4, 0.5) is 0 Å². The number of aryl methyl sites for hydroxylation is 1. The molecule has 0 radical (unpaired) electrons. The Kier molecular flexibility index (Phi) is 5.79. The molecule has 0 unspecified atom stereocenters. The van der Waals surface area contributed by atoms with Crippen LogP contribution in [-0.4, -0.2) is 32.4 Å². The number of hydrogen-bond donors (Lipinski definition) is 3. The zero-order chi connectivity index (χ0) is 21.8. The first-order chi connectivity index (χ1) is 15.0. The Hall–Kier alpha value is -3.94. The SMILES string of the molecule is CCOc1ncccc1C(=O)N[C@H](Cc1c[nH]c2ccccc12)c1cc(=O)[nH]c(C)n1. The molecular formula is C23H23N5O3. The molecule has 0 saturated carbocycles. The van der Waals surface area contributed by atoms with Gasteiger partial charge in [-0.1, -0.05) is 18.2 Å². The first-order valence-electron chi connectivity index (χ1n) is 10.1. The smallest absolute Gasteiger partial charge is 0.257 e. The number of ether oxygens (including phenoxy) is 1. The highest BCUT2D eigenvalue weighted by Gasteiger charge is 2.22. The van der Waals surface area contributed by atoms with Gasteiger partial charge in [0.1, 0.15) is 11.4 Å². The lowest BCUT2D eigenvalue weighted by Crippen LogP contribution is -2.32. The number of nitrogens with zero attached hydrogens (tertiary/aromatic N) is 2. The molecule has 158 valence electrons. The van der Waals surface area contributed by atoms with Crippen molar-refractivity contribution in [3.8, 4) is 5.88 Å². The number of para-hydroxylation sites is 1. The van der Waals surface area contributed by atoms with Crippen LogP contribution in [0.1, 0.15) is 40.4 Å². The number of carbonyl (C=O) groups is 1. The van der Waals surface area contributed by atoms with E-state index in [0.29, 0.717) is 30.1 Å². The maximum Gasteiger partial charge on any atom is 0.257 e. The summed E-state index contributed by atoms with van der Waals surface area (Å²) in [4.78, 5) is 39.7. The predicted molar refractivity (Wildman–Crippen MR) is 117 cm³/mol. The Balaban J connectivity index is 1.70. The fourth-order valence-electron chi connectivity index (χ4n) is 3.58. The van der Waals surface area contributed by atoms with E-state index in [-0.39, 0.29) is 17.3 Å². The lowest BCUT2D eigenvalue weighted by Gasteiger charge is -2.19. The van der Waals surface area contributed by atoms with Gasteiger partial charge >= 0.3 is 0 Å². The molecule has 0 aliphatic heterocycles. The van der Waals surface area contributed by atoms with Crippen LogP contribution in [0, 0.1) is 6.92 Å². The van der Waals surface area contributed by atoms with Gasteiger partial charge in [0.05, 0.1) is 18.3 Å². The lowest BCUT2D eigenvalue weighted by atomic mass is 10.0. The molecule has 3 N–H and O–H groups in total. The summed E-state index contributed by atoms with van der Waals surface area (Å²) < 4.78 is 5.50. The number of pyridine rings is 1. The molecule has 4 rings (SSSR count). The molecule has 1 amide bonds. The van der Waals surface area contributed by atoms with E-state index in [4.69, 9.17) is 4.74 Å². The molecule has 0 saturated heterocycles. The van der Waals surface area contributed by atoms with Crippen molar-refractivity contribution in [2.75, 3.05) is 6.61 Å². The molecule has 31 heavy (non-hydrogen) atoms. The Labute approximate surface area is 178 Å². The second-order valence-electron chi connectivity index (χ2n) is 7.13. The van der Waals surface area contributed by atoms with E-state index in [2.05, 4.69) is 25.3 Å². The molecule has 0 aliphatic rings. The van der Waals surface area contributed by atoms with Crippen molar-refractivity contribution in [3.05, 3.63) is 87.9 Å². The van der Waals surface area contributed by atoms with E-state index < -0.39 is 6.04 Å². The zero-order valence-electron chi connectivity index (χ0n) is 17.3. The number of fused-ring (bicyclic) bond motifs is 1.